The van der Waals surface area contributed by atoms with Crippen LogP contribution in [0.15, 0.2) is 0 Å². The number of rotatable bonds is 11. The third kappa shape index (κ3) is 8.26. The van der Waals surface area contributed by atoms with E-state index in [4.69, 9.17) is 10.2 Å². The Morgan fingerprint density at radius 1 is 1.04 bits per heavy atom. The van der Waals surface area contributed by atoms with E-state index < -0.39 is 54.3 Å². The minimum absolute atomic E-state index is 0.110. The summed E-state index contributed by atoms with van der Waals surface area (Å²) in [5.74, 6) is -4.40. The Morgan fingerprint density at radius 2 is 1.74 bits per heavy atom. The van der Waals surface area contributed by atoms with E-state index in [0.29, 0.717) is 13.0 Å². The number of aliphatic carboxylic acids is 2. The van der Waals surface area contributed by atoms with Crippen LogP contribution in [0.4, 0.5) is 0 Å². The van der Waals surface area contributed by atoms with Gasteiger partial charge in [0.15, 0.2) is 0 Å². The largest absolute Gasteiger partial charge is 0.481 e. The van der Waals surface area contributed by atoms with Gasteiger partial charge in [0.2, 0.25) is 17.7 Å². The average Bonchev–Trinajstić information content (AvgIpc) is 3.15. The Labute approximate surface area is 161 Å². The fourth-order valence-electron chi connectivity index (χ4n) is 2.47. The smallest absolute Gasteiger partial charge is 0.322 e. The molecule has 27 heavy (non-hydrogen) atoms. The molecule has 0 bridgehead atoms. The molecule has 1 aliphatic rings. The number of hydrogen-bond donors (Lipinski definition) is 7. The normalized spacial score (nSPS) is 18.2. The van der Waals surface area contributed by atoms with E-state index >= 15 is 0 Å². The van der Waals surface area contributed by atoms with E-state index in [0.717, 1.165) is 6.42 Å². The molecule has 0 radical (unpaired) electrons. The highest BCUT2D eigenvalue weighted by Gasteiger charge is 2.30. The van der Waals surface area contributed by atoms with Crippen LogP contribution < -0.4 is 21.3 Å². The van der Waals surface area contributed by atoms with Gasteiger partial charge in [-0.25, -0.2) is 0 Å². The summed E-state index contributed by atoms with van der Waals surface area (Å²) in [7, 11) is 0. The monoisotopic (exact) mass is 404 g/mol. The molecule has 1 aliphatic heterocycles. The minimum atomic E-state index is -1.25. The molecule has 1 saturated heterocycles. The molecular formula is C15H24N4O7S. The zero-order valence-electron chi connectivity index (χ0n) is 14.6. The van der Waals surface area contributed by atoms with Gasteiger partial charge in [-0.3, -0.25) is 24.0 Å². The van der Waals surface area contributed by atoms with Crippen molar-refractivity contribution in [1.29, 1.82) is 0 Å². The molecule has 12 heteroatoms. The zero-order chi connectivity index (χ0) is 20.4. The first-order valence-corrected chi connectivity index (χ1v) is 9.04. The maximum absolute atomic E-state index is 12.4. The SMILES string of the molecule is O=C(O)CCC(NC(=O)C1CCCN1)C(=O)NC(CS)C(=O)NCC(=O)O. The maximum atomic E-state index is 12.4. The van der Waals surface area contributed by atoms with Crippen LogP contribution in [0.5, 0.6) is 0 Å². The number of carboxylic acid groups (broad SMARTS) is 2. The van der Waals surface area contributed by atoms with Crippen molar-refractivity contribution in [3.63, 3.8) is 0 Å². The third-order valence-corrected chi connectivity index (χ3v) is 4.25. The second-order valence-electron chi connectivity index (χ2n) is 6.00. The van der Waals surface area contributed by atoms with Gasteiger partial charge in [0.05, 0.1) is 6.04 Å². The van der Waals surface area contributed by atoms with Crippen LogP contribution in [0, 0.1) is 0 Å². The molecular weight excluding hydrogens is 380 g/mol. The van der Waals surface area contributed by atoms with Crippen molar-refractivity contribution in [2.45, 2.75) is 43.8 Å². The highest BCUT2D eigenvalue weighted by molar-refractivity contribution is 7.80. The van der Waals surface area contributed by atoms with Crippen molar-refractivity contribution < 1.29 is 34.2 Å². The molecule has 0 saturated carbocycles. The number of thiol groups is 1. The summed E-state index contributed by atoms with van der Waals surface area (Å²) in [5.41, 5.74) is 0. The van der Waals surface area contributed by atoms with E-state index in [1.807, 2.05) is 0 Å². The second kappa shape index (κ2) is 11.4. The Bertz CT molecular complexity index is 581. The summed E-state index contributed by atoms with van der Waals surface area (Å²) in [6.45, 7) is 0.0566. The Balaban J connectivity index is 2.71. The quantitative estimate of drug-likeness (QED) is 0.188. The maximum Gasteiger partial charge on any atom is 0.322 e. The molecule has 1 rings (SSSR count). The van der Waals surface area contributed by atoms with Crippen LogP contribution in [0.25, 0.3) is 0 Å². The standard InChI is InChI=1S/C15H24N4O7S/c20-11(21)4-3-9(18-14(25)8-2-1-5-16-8)15(26)19-10(7-27)13(24)17-6-12(22)23/h8-10,16,27H,1-7H2,(H,17,24)(H,18,25)(H,19,26)(H,20,21)(H,22,23). The van der Waals surface area contributed by atoms with Gasteiger partial charge in [-0.1, -0.05) is 0 Å². The first-order valence-electron chi connectivity index (χ1n) is 8.41. The summed E-state index contributed by atoms with van der Waals surface area (Å²) < 4.78 is 0. The van der Waals surface area contributed by atoms with Crippen molar-refractivity contribution in [3.8, 4) is 0 Å². The van der Waals surface area contributed by atoms with Crippen LogP contribution >= 0.6 is 12.6 Å². The molecule has 0 aromatic rings. The molecule has 152 valence electrons. The summed E-state index contributed by atoms with van der Waals surface area (Å²) in [6, 6.07) is -2.73. The lowest BCUT2D eigenvalue weighted by molar-refractivity contribution is -0.138. The Kier molecular flexibility index (Phi) is 9.58. The lowest BCUT2D eigenvalue weighted by atomic mass is 10.1. The highest BCUT2D eigenvalue weighted by atomic mass is 32.1. The lowest BCUT2D eigenvalue weighted by Gasteiger charge is -2.23. The summed E-state index contributed by atoms with van der Waals surface area (Å²) >= 11 is 3.95. The second-order valence-corrected chi connectivity index (χ2v) is 6.36. The van der Waals surface area contributed by atoms with Crippen LogP contribution in [0.3, 0.4) is 0 Å². The first-order chi connectivity index (χ1) is 12.7. The molecule has 11 nitrogen and oxygen atoms in total. The topological polar surface area (TPSA) is 174 Å². The van der Waals surface area contributed by atoms with Crippen molar-refractivity contribution in [2.24, 2.45) is 0 Å². The average molecular weight is 404 g/mol. The summed E-state index contributed by atoms with van der Waals surface area (Å²) in [6.07, 6.45) is 0.911. The van der Waals surface area contributed by atoms with Crippen LogP contribution in [-0.4, -0.2) is 76.8 Å². The first kappa shape index (κ1) is 22.7. The number of carbonyl (C=O) groups is 5. The molecule has 3 amide bonds. The van der Waals surface area contributed by atoms with Crippen molar-refractivity contribution in [1.82, 2.24) is 21.3 Å². The summed E-state index contributed by atoms with van der Waals surface area (Å²) in [5, 5.41) is 27.4. The van der Waals surface area contributed by atoms with Gasteiger partial charge in [-0.05, 0) is 25.8 Å². The lowest BCUT2D eigenvalue weighted by Crippen LogP contribution is -2.56. The third-order valence-electron chi connectivity index (χ3n) is 3.89. The molecule has 3 atom stereocenters. The Morgan fingerprint density at radius 3 is 2.26 bits per heavy atom. The fourth-order valence-corrected chi connectivity index (χ4v) is 2.73. The van der Waals surface area contributed by atoms with E-state index in [1.165, 1.54) is 0 Å². The van der Waals surface area contributed by atoms with E-state index in [9.17, 15) is 24.0 Å². The number of nitrogens with one attached hydrogen (secondary N) is 4. The molecule has 0 spiro atoms. The van der Waals surface area contributed by atoms with Crippen LogP contribution in [0.2, 0.25) is 0 Å². The van der Waals surface area contributed by atoms with E-state index in [2.05, 4.69) is 33.9 Å². The van der Waals surface area contributed by atoms with Gasteiger partial charge in [0.25, 0.3) is 0 Å². The van der Waals surface area contributed by atoms with Gasteiger partial charge in [-0.2, -0.15) is 12.6 Å². The molecule has 0 aromatic carbocycles. The molecule has 1 heterocycles. The summed E-state index contributed by atoms with van der Waals surface area (Å²) in [4.78, 5) is 57.9. The zero-order valence-corrected chi connectivity index (χ0v) is 15.5. The van der Waals surface area contributed by atoms with E-state index in [1.54, 1.807) is 0 Å². The number of carboxylic acids is 2. The van der Waals surface area contributed by atoms with Crippen molar-refractivity contribution in [2.75, 3.05) is 18.8 Å². The minimum Gasteiger partial charge on any atom is -0.481 e. The molecule has 1 fully saturated rings. The van der Waals surface area contributed by atoms with Gasteiger partial charge in [0, 0.05) is 12.2 Å². The number of hydrogen-bond acceptors (Lipinski definition) is 7. The van der Waals surface area contributed by atoms with Gasteiger partial charge in [-0.15, -0.1) is 0 Å². The predicted octanol–water partition coefficient (Wildman–Crippen LogP) is -2.30. The van der Waals surface area contributed by atoms with Gasteiger partial charge >= 0.3 is 11.9 Å². The number of carbonyl (C=O) groups excluding carboxylic acids is 3. The van der Waals surface area contributed by atoms with Crippen molar-refractivity contribution in [3.05, 3.63) is 0 Å². The van der Waals surface area contributed by atoms with Crippen molar-refractivity contribution >= 4 is 42.3 Å². The van der Waals surface area contributed by atoms with Crippen LogP contribution in [0.1, 0.15) is 25.7 Å². The van der Waals surface area contributed by atoms with E-state index in [-0.39, 0.29) is 18.6 Å². The highest BCUT2D eigenvalue weighted by Crippen LogP contribution is 2.07. The predicted molar refractivity (Wildman–Crippen MR) is 96.3 cm³/mol. The van der Waals surface area contributed by atoms with Gasteiger partial charge in [0.1, 0.15) is 18.6 Å². The van der Waals surface area contributed by atoms with Crippen LogP contribution in [-0.2, 0) is 24.0 Å². The number of amides is 3. The molecule has 0 aromatic heterocycles. The Hall–Kier alpha value is -2.34. The van der Waals surface area contributed by atoms with Gasteiger partial charge < -0.3 is 31.5 Å². The molecule has 3 unspecified atom stereocenters. The molecule has 0 aliphatic carbocycles. The molecule has 6 N–H and O–H groups in total. The fraction of sp³-hybridized carbons (Fsp3) is 0.667.